The summed E-state index contributed by atoms with van der Waals surface area (Å²) in [5, 5.41) is 0. The molecule has 1 unspecified atom stereocenters. The van der Waals surface area contributed by atoms with Gasteiger partial charge in [0.1, 0.15) is 6.61 Å². The van der Waals surface area contributed by atoms with E-state index in [0.717, 1.165) is 83.5 Å². The molecule has 0 aliphatic carbocycles. The highest BCUT2D eigenvalue weighted by Crippen LogP contribution is 2.12. The van der Waals surface area contributed by atoms with Crippen LogP contribution in [-0.2, 0) is 23.8 Å². The molecule has 62 heavy (non-hydrogen) atoms. The molecule has 0 N–H and O–H groups in total. The summed E-state index contributed by atoms with van der Waals surface area (Å²) in [5.74, 6) is -0.546. The number of carbonyl (C=O) groups is 2. The Labute approximate surface area is 383 Å². The summed E-state index contributed by atoms with van der Waals surface area (Å²) in [4.78, 5) is 25.3. The molecule has 0 saturated heterocycles. The highest BCUT2D eigenvalue weighted by Gasteiger charge is 2.17. The van der Waals surface area contributed by atoms with E-state index in [-0.39, 0.29) is 31.6 Å². The second-order valence-electron chi connectivity index (χ2n) is 16.3. The van der Waals surface area contributed by atoms with Gasteiger partial charge in [0.05, 0.1) is 6.61 Å². The number of hydrogen-bond donors (Lipinski definition) is 0. The lowest BCUT2D eigenvalue weighted by atomic mass is 10.1. The van der Waals surface area contributed by atoms with E-state index in [1.54, 1.807) is 0 Å². The Balaban J connectivity index is 4.41. The lowest BCUT2D eigenvalue weighted by Gasteiger charge is -2.18. The van der Waals surface area contributed by atoms with Gasteiger partial charge in [-0.3, -0.25) is 9.59 Å². The predicted octanol–water partition coefficient (Wildman–Crippen LogP) is 17.2. The van der Waals surface area contributed by atoms with E-state index in [2.05, 4.69) is 124 Å². The van der Waals surface area contributed by atoms with Crippen LogP contribution in [0.1, 0.15) is 213 Å². The summed E-state index contributed by atoms with van der Waals surface area (Å²) in [7, 11) is 0. The molecule has 0 fully saturated rings. The van der Waals surface area contributed by atoms with Crippen LogP contribution in [0.2, 0.25) is 0 Å². The molecule has 0 aliphatic heterocycles. The van der Waals surface area contributed by atoms with Gasteiger partial charge in [0, 0.05) is 19.4 Å². The van der Waals surface area contributed by atoms with Crippen LogP contribution in [0.25, 0.3) is 0 Å². The standard InChI is InChI=1S/C57H94O5/c1-4-7-10-13-16-19-22-25-27-28-29-31-34-37-40-43-46-49-52-60-53-55(62-57(59)51-48-45-42-39-36-32-24-21-18-15-12-9-6-3)54-61-56(58)50-47-44-41-38-35-33-30-26-23-20-17-14-11-8-5-2/h8-9,11-12,17-18,20-21,25-27,30,32,35-36,38,42,45,55H,4-7,10,13-16,19,22-24,28-29,31,33-34,37,39-41,43-44,46-54H2,1-3H3/b11-8-,12-9-,20-17-,21-18-,27-25-,30-26-,36-32-,38-35-,45-42-. The fourth-order valence-electron chi connectivity index (χ4n) is 6.57. The van der Waals surface area contributed by atoms with Crippen LogP contribution >= 0.6 is 0 Å². The number of unbranched alkanes of at least 4 members (excludes halogenated alkanes) is 16. The van der Waals surface area contributed by atoms with Crippen molar-refractivity contribution in [2.45, 2.75) is 219 Å². The molecule has 5 heteroatoms. The van der Waals surface area contributed by atoms with Gasteiger partial charge in [-0.2, -0.15) is 0 Å². The van der Waals surface area contributed by atoms with Crippen LogP contribution in [0.4, 0.5) is 0 Å². The normalized spacial score (nSPS) is 13.1. The van der Waals surface area contributed by atoms with Crippen molar-refractivity contribution in [3.63, 3.8) is 0 Å². The maximum atomic E-state index is 12.7. The van der Waals surface area contributed by atoms with Gasteiger partial charge >= 0.3 is 11.9 Å². The number of ether oxygens (including phenoxy) is 3. The third-order valence-corrected chi connectivity index (χ3v) is 10.3. The van der Waals surface area contributed by atoms with Crippen LogP contribution in [0.5, 0.6) is 0 Å². The van der Waals surface area contributed by atoms with Gasteiger partial charge in [0.2, 0.25) is 0 Å². The van der Waals surface area contributed by atoms with Crippen LogP contribution in [0.15, 0.2) is 109 Å². The Kier molecular flexibility index (Phi) is 49.0. The predicted molar refractivity (Wildman–Crippen MR) is 269 cm³/mol. The molecular weight excluding hydrogens is 765 g/mol. The first-order valence-corrected chi connectivity index (χ1v) is 25.4. The molecular formula is C57H94O5. The maximum absolute atomic E-state index is 12.7. The van der Waals surface area contributed by atoms with E-state index in [0.29, 0.717) is 19.4 Å². The molecule has 0 rings (SSSR count). The average Bonchev–Trinajstić information content (AvgIpc) is 3.27. The third-order valence-electron chi connectivity index (χ3n) is 10.3. The van der Waals surface area contributed by atoms with Crippen molar-refractivity contribution < 1.29 is 23.8 Å². The fourth-order valence-corrected chi connectivity index (χ4v) is 6.57. The Hall–Kier alpha value is -3.44. The summed E-state index contributed by atoms with van der Waals surface area (Å²) in [6.07, 6.45) is 71.2. The van der Waals surface area contributed by atoms with Crippen LogP contribution < -0.4 is 0 Å². The summed E-state index contributed by atoms with van der Waals surface area (Å²) in [5.41, 5.74) is 0. The number of esters is 2. The van der Waals surface area contributed by atoms with E-state index in [1.807, 2.05) is 6.08 Å². The largest absolute Gasteiger partial charge is 0.462 e. The van der Waals surface area contributed by atoms with E-state index in [4.69, 9.17) is 14.2 Å². The molecule has 0 saturated carbocycles. The molecule has 0 aromatic rings. The number of carbonyl (C=O) groups excluding carboxylic acids is 2. The smallest absolute Gasteiger partial charge is 0.306 e. The maximum Gasteiger partial charge on any atom is 0.306 e. The van der Waals surface area contributed by atoms with Gasteiger partial charge in [-0.15, -0.1) is 0 Å². The zero-order valence-corrected chi connectivity index (χ0v) is 40.3. The molecule has 0 aliphatic rings. The van der Waals surface area contributed by atoms with Gasteiger partial charge in [0.15, 0.2) is 6.10 Å². The number of hydrogen-bond acceptors (Lipinski definition) is 5. The van der Waals surface area contributed by atoms with Crippen molar-refractivity contribution in [1.29, 1.82) is 0 Å². The second kappa shape index (κ2) is 51.9. The molecule has 0 bridgehead atoms. The molecule has 0 heterocycles. The van der Waals surface area contributed by atoms with Crippen molar-refractivity contribution in [1.82, 2.24) is 0 Å². The molecule has 5 nitrogen and oxygen atoms in total. The number of rotatable bonds is 45. The van der Waals surface area contributed by atoms with Crippen LogP contribution in [0, 0.1) is 0 Å². The lowest BCUT2D eigenvalue weighted by molar-refractivity contribution is -0.162. The van der Waals surface area contributed by atoms with Gasteiger partial charge in [-0.1, -0.05) is 201 Å². The number of allylic oxidation sites excluding steroid dienone is 18. The molecule has 0 spiro atoms. The van der Waals surface area contributed by atoms with Gasteiger partial charge < -0.3 is 14.2 Å². The first-order chi connectivity index (χ1) is 30.6. The van der Waals surface area contributed by atoms with Crippen LogP contribution in [0.3, 0.4) is 0 Å². The Morgan fingerprint density at radius 2 is 0.758 bits per heavy atom. The first-order valence-electron chi connectivity index (χ1n) is 25.4. The van der Waals surface area contributed by atoms with Crippen molar-refractivity contribution in [3.8, 4) is 0 Å². The first kappa shape index (κ1) is 58.6. The van der Waals surface area contributed by atoms with Crippen molar-refractivity contribution in [2.24, 2.45) is 0 Å². The van der Waals surface area contributed by atoms with Crippen molar-refractivity contribution in [3.05, 3.63) is 109 Å². The highest BCUT2D eigenvalue weighted by atomic mass is 16.6. The zero-order chi connectivity index (χ0) is 44.9. The molecule has 1 atom stereocenters. The van der Waals surface area contributed by atoms with E-state index in [9.17, 15) is 9.59 Å². The quantitative estimate of drug-likeness (QED) is 0.0347. The Morgan fingerprint density at radius 3 is 1.24 bits per heavy atom. The Bertz CT molecular complexity index is 1250. The van der Waals surface area contributed by atoms with Gasteiger partial charge in [-0.25, -0.2) is 0 Å². The van der Waals surface area contributed by atoms with Crippen LogP contribution in [-0.4, -0.2) is 37.9 Å². The Morgan fingerprint density at radius 1 is 0.371 bits per heavy atom. The monoisotopic (exact) mass is 859 g/mol. The van der Waals surface area contributed by atoms with Crippen molar-refractivity contribution >= 4 is 11.9 Å². The summed E-state index contributed by atoms with van der Waals surface area (Å²) in [6, 6.07) is 0. The minimum atomic E-state index is -0.598. The minimum absolute atomic E-state index is 0.0281. The molecule has 0 aromatic heterocycles. The highest BCUT2D eigenvalue weighted by molar-refractivity contribution is 5.70. The zero-order valence-electron chi connectivity index (χ0n) is 40.3. The molecule has 0 aromatic carbocycles. The van der Waals surface area contributed by atoms with Crippen molar-refractivity contribution in [2.75, 3.05) is 19.8 Å². The molecule has 352 valence electrons. The topological polar surface area (TPSA) is 61.8 Å². The minimum Gasteiger partial charge on any atom is -0.462 e. The fraction of sp³-hybridized carbons (Fsp3) is 0.649. The molecule has 0 radical (unpaired) electrons. The third kappa shape index (κ3) is 49.2. The van der Waals surface area contributed by atoms with Gasteiger partial charge in [-0.05, 0) is 109 Å². The second-order valence-corrected chi connectivity index (χ2v) is 16.3. The van der Waals surface area contributed by atoms with Gasteiger partial charge in [0.25, 0.3) is 0 Å². The van der Waals surface area contributed by atoms with E-state index in [1.165, 1.54) is 89.9 Å². The SMILES string of the molecule is CC/C=C\C/C=C\C/C=C\C/C=C\CCCCC(=O)OCC(COCCCCCCCCCC/C=C\CCCCCCCC)OC(=O)CC/C=C\C/C=C\C/C=C\C/C=C\CC. The average molecular weight is 859 g/mol. The summed E-state index contributed by atoms with van der Waals surface area (Å²) >= 11 is 0. The van der Waals surface area contributed by atoms with E-state index < -0.39 is 6.10 Å². The lowest BCUT2D eigenvalue weighted by Crippen LogP contribution is -2.30. The summed E-state index contributed by atoms with van der Waals surface area (Å²) < 4.78 is 17.3. The summed E-state index contributed by atoms with van der Waals surface area (Å²) in [6.45, 7) is 7.45. The van der Waals surface area contributed by atoms with E-state index >= 15 is 0 Å². The molecule has 0 amide bonds.